The number of para-hydroxylation sites is 1. The molecule has 0 amide bonds. The lowest BCUT2D eigenvalue weighted by Gasteiger charge is -2.28. The van der Waals surface area contributed by atoms with Gasteiger partial charge in [0.25, 0.3) is 0 Å². The van der Waals surface area contributed by atoms with Crippen LogP contribution in [0, 0.1) is 0 Å². The summed E-state index contributed by atoms with van der Waals surface area (Å²) in [4.78, 5) is 10.9. The van der Waals surface area contributed by atoms with E-state index in [4.69, 9.17) is 9.97 Å². The van der Waals surface area contributed by atoms with Crippen molar-refractivity contribution in [2.45, 2.75) is 111 Å². The highest BCUT2D eigenvalue weighted by Crippen LogP contribution is 2.47. The van der Waals surface area contributed by atoms with E-state index >= 15 is 0 Å². The molecule has 7 aromatic carbocycles. The van der Waals surface area contributed by atoms with Crippen LogP contribution in [0.1, 0.15) is 128 Å². The van der Waals surface area contributed by atoms with Crippen LogP contribution in [0.15, 0.2) is 170 Å². The maximum absolute atomic E-state index is 12.7. The van der Waals surface area contributed by atoms with Gasteiger partial charge in [0.1, 0.15) is 11.6 Å². The van der Waals surface area contributed by atoms with Crippen molar-refractivity contribution in [3.8, 4) is 67.5 Å². The highest BCUT2D eigenvalue weighted by Gasteiger charge is 2.31. The zero-order valence-electron chi connectivity index (χ0n) is 42.6. The van der Waals surface area contributed by atoms with Gasteiger partial charge in [0, 0.05) is 33.9 Å². The Hall–Kier alpha value is -7.04. The Labute approximate surface area is 410 Å². The normalized spacial score (nSPS) is 12.4. The van der Waals surface area contributed by atoms with Crippen LogP contribution < -0.4 is 0 Å². The minimum atomic E-state index is -0.338. The monoisotopic (exact) mass is 906 g/mol. The minimum absolute atomic E-state index is 0.175. The molecule has 4 heteroatoms. The van der Waals surface area contributed by atoms with Crippen LogP contribution in [-0.4, -0.2) is 19.6 Å². The largest absolute Gasteiger partial charge is 0.507 e. The molecule has 0 radical (unpaired) electrons. The van der Waals surface area contributed by atoms with Gasteiger partial charge in [-0.25, -0.2) is 4.98 Å². The van der Waals surface area contributed by atoms with Crippen molar-refractivity contribution in [2.75, 3.05) is 0 Å². The third kappa shape index (κ3) is 9.06. The molecule has 0 fully saturated rings. The molecule has 0 aliphatic carbocycles. The number of nitrogens with zero attached hydrogens (tertiary/aromatic N) is 3. The van der Waals surface area contributed by atoms with E-state index in [0.717, 1.165) is 72.7 Å². The fourth-order valence-corrected chi connectivity index (χ4v) is 9.84. The number of rotatable bonds is 10. The van der Waals surface area contributed by atoms with Crippen molar-refractivity contribution >= 4 is 11.0 Å². The number of imidazole rings is 1. The Kier molecular flexibility index (Phi) is 12.4. The molecular formula is C65H67N3O. The standard InChI is InChI=1S/C65H67N3O/c1-41(2)53-36-46(44-25-18-14-19-26-44)37-54(42(3)4)60(53)68-58-30-22-29-52(59(58)67-62(68)55-38-50(63(5,6)7)39-56(61(55)69)64(8,9)10)47-33-48(35-51(34-47)65(11,12)49-27-20-15-21-28-49)57-32-31-45(40-66-57)43-23-16-13-17-24-43/h13-42,69H,1-12H3. The number of pyridine rings is 1. The summed E-state index contributed by atoms with van der Waals surface area (Å²) >= 11 is 0. The van der Waals surface area contributed by atoms with Gasteiger partial charge >= 0.3 is 0 Å². The Morgan fingerprint density at radius 3 is 1.59 bits per heavy atom. The molecule has 0 bridgehead atoms. The molecule has 0 unspecified atom stereocenters. The van der Waals surface area contributed by atoms with Gasteiger partial charge in [-0.2, -0.15) is 0 Å². The summed E-state index contributed by atoms with van der Waals surface area (Å²) in [6.45, 7) is 27.1. The summed E-state index contributed by atoms with van der Waals surface area (Å²) in [5.41, 5.74) is 18.4. The molecule has 9 rings (SSSR count). The Morgan fingerprint density at radius 2 is 1.04 bits per heavy atom. The van der Waals surface area contributed by atoms with E-state index in [9.17, 15) is 5.11 Å². The van der Waals surface area contributed by atoms with Crippen LogP contribution in [0.2, 0.25) is 0 Å². The quantitative estimate of drug-likeness (QED) is 0.149. The highest BCUT2D eigenvalue weighted by molar-refractivity contribution is 5.97. The molecule has 1 N–H and O–H groups in total. The molecule has 0 aliphatic rings. The Balaban J connectivity index is 1.38. The second kappa shape index (κ2) is 18.1. The lowest BCUT2D eigenvalue weighted by Crippen LogP contribution is -2.19. The van der Waals surface area contributed by atoms with Crippen LogP contribution in [0.4, 0.5) is 0 Å². The summed E-state index contributed by atoms with van der Waals surface area (Å²) in [6, 6.07) is 58.9. The molecule has 0 aliphatic heterocycles. The molecule has 69 heavy (non-hydrogen) atoms. The lowest BCUT2D eigenvalue weighted by atomic mass is 9.76. The average molecular weight is 906 g/mol. The van der Waals surface area contributed by atoms with Crippen LogP contribution in [0.5, 0.6) is 5.75 Å². The van der Waals surface area contributed by atoms with Gasteiger partial charge in [-0.15, -0.1) is 0 Å². The first-order chi connectivity index (χ1) is 32.8. The van der Waals surface area contributed by atoms with Gasteiger partial charge in [0.2, 0.25) is 0 Å². The SMILES string of the molecule is CC(C)c1cc(-c2ccccc2)cc(C(C)C)c1-n1c(-c2cc(C(C)(C)C)cc(C(C)(C)C)c2O)nc2c(-c3cc(-c4ccc(-c5ccccc5)cn4)cc(C(C)(C)c4ccccc4)c3)cccc21. The number of aromatic hydroxyl groups is 1. The van der Waals surface area contributed by atoms with Crippen molar-refractivity contribution < 1.29 is 5.11 Å². The van der Waals surface area contributed by atoms with Crippen LogP contribution in [0.25, 0.3) is 72.7 Å². The zero-order chi connectivity index (χ0) is 49.0. The molecule has 4 nitrogen and oxygen atoms in total. The predicted molar refractivity (Wildman–Crippen MR) is 292 cm³/mol. The second-order valence-corrected chi connectivity index (χ2v) is 22.1. The summed E-state index contributed by atoms with van der Waals surface area (Å²) in [6.07, 6.45) is 1.99. The molecule has 0 atom stereocenters. The van der Waals surface area contributed by atoms with E-state index in [1.165, 1.54) is 33.4 Å². The third-order valence-corrected chi connectivity index (χ3v) is 14.1. The number of hydrogen-bond acceptors (Lipinski definition) is 3. The molecule has 0 saturated heterocycles. The number of phenols is 1. The average Bonchev–Trinajstić information content (AvgIpc) is 3.73. The molecule has 2 heterocycles. The number of phenolic OH excluding ortho intramolecular Hbond substituents is 1. The van der Waals surface area contributed by atoms with Gasteiger partial charge in [-0.05, 0) is 115 Å². The molecule has 0 spiro atoms. The molecule has 9 aromatic rings. The van der Waals surface area contributed by atoms with Crippen molar-refractivity contribution in [1.82, 2.24) is 14.5 Å². The predicted octanol–water partition coefficient (Wildman–Crippen LogP) is 17.6. The van der Waals surface area contributed by atoms with Crippen LogP contribution in [-0.2, 0) is 16.2 Å². The van der Waals surface area contributed by atoms with Gasteiger partial charge in [0.05, 0.1) is 28.0 Å². The lowest BCUT2D eigenvalue weighted by molar-refractivity contribution is 0.446. The first-order valence-corrected chi connectivity index (χ1v) is 24.7. The van der Waals surface area contributed by atoms with Crippen molar-refractivity contribution in [3.05, 3.63) is 203 Å². The third-order valence-electron chi connectivity index (χ3n) is 14.1. The van der Waals surface area contributed by atoms with Crippen molar-refractivity contribution in [3.63, 3.8) is 0 Å². The van der Waals surface area contributed by atoms with E-state index in [1.807, 2.05) is 12.3 Å². The fraction of sp³-hybridized carbons (Fsp3) is 0.262. The number of fused-ring (bicyclic) bond motifs is 1. The molecular weight excluding hydrogens is 839 g/mol. The Morgan fingerprint density at radius 1 is 0.464 bits per heavy atom. The summed E-state index contributed by atoms with van der Waals surface area (Å²) in [5, 5.41) is 12.7. The second-order valence-electron chi connectivity index (χ2n) is 22.1. The highest BCUT2D eigenvalue weighted by atomic mass is 16.3. The van der Waals surface area contributed by atoms with Gasteiger partial charge in [-0.1, -0.05) is 204 Å². The summed E-state index contributed by atoms with van der Waals surface area (Å²) < 4.78 is 2.38. The van der Waals surface area contributed by atoms with Crippen molar-refractivity contribution in [2.24, 2.45) is 0 Å². The van der Waals surface area contributed by atoms with Crippen LogP contribution >= 0.6 is 0 Å². The first kappa shape index (κ1) is 47.0. The number of benzene rings is 7. The van der Waals surface area contributed by atoms with Gasteiger partial charge in [-0.3, -0.25) is 9.55 Å². The number of aromatic nitrogens is 3. The summed E-state index contributed by atoms with van der Waals surface area (Å²) in [5.74, 6) is 1.34. The molecule has 348 valence electrons. The molecule has 0 saturated carbocycles. The summed E-state index contributed by atoms with van der Waals surface area (Å²) in [7, 11) is 0. The zero-order valence-corrected chi connectivity index (χ0v) is 42.6. The fourth-order valence-electron chi connectivity index (χ4n) is 9.84. The van der Waals surface area contributed by atoms with Gasteiger partial charge < -0.3 is 5.11 Å². The topological polar surface area (TPSA) is 50.9 Å². The van der Waals surface area contributed by atoms with Crippen molar-refractivity contribution in [1.29, 1.82) is 0 Å². The van der Waals surface area contributed by atoms with E-state index in [1.54, 1.807) is 0 Å². The van der Waals surface area contributed by atoms with E-state index in [-0.39, 0.29) is 33.8 Å². The maximum atomic E-state index is 12.7. The van der Waals surface area contributed by atoms with E-state index in [2.05, 4.69) is 245 Å². The van der Waals surface area contributed by atoms with E-state index < -0.39 is 0 Å². The minimum Gasteiger partial charge on any atom is -0.507 e. The Bertz CT molecular complexity index is 3260. The van der Waals surface area contributed by atoms with Gasteiger partial charge in [0.15, 0.2) is 0 Å². The molecule has 2 aromatic heterocycles. The first-order valence-electron chi connectivity index (χ1n) is 24.7. The number of hydrogen-bond donors (Lipinski definition) is 1. The smallest absolute Gasteiger partial charge is 0.149 e. The van der Waals surface area contributed by atoms with Crippen LogP contribution in [0.3, 0.4) is 0 Å². The maximum Gasteiger partial charge on any atom is 0.149 e. The van der Waals surface area contributed by atoms with E-state index in [0.29, 0.717) is 0 Å².